The standard InChI is InChI=1S/C17H23N3O5S/c1-4-24-16(23)14-7-25-17(5-6-20(14)12(3)21)9-19(10-17)15(22)13-8-26-11(2)18-13/h8,14H,4-7,9-10H2,1-3H3. The normalized spacial score (nSPS) is 21.9. The van der Waals surface area contributed by atoms with Crippen molar-refractivity contribution in [2.24, 2.45) is 0 Å². The number of rotatable bonds is 3. The van der Waals surface area contributed by atoms with Gasteiger partial charge in [0.1, 0.15) is 11.3 Å². The van der Waals surface area contributed by atoms with Crippen LogP contribution >= 0.6 is 11.3 Å². The molecule has 1 aromatic heterocycles. The van der Waals surface area contributed by atoms with Crippen molar-refractivity contribution < 1.29 is 23.9 Å². The Bertz CT molecular complexity index is 713. The largest absolute Gasteiger partial charge is 0.464 e. The van der Waals surface area contributed by atoms with Crippen molar-refractivity contribution in [2.45, 2.75) is 38.8 Å². The molecule has 3 heterocycles. The van der Waals surface area contributed by atoms with E-state index in [0.29, 0.717) is 31.7 Å². The van der Waals surface area contributed by atoms with Gasteiger partial charge in [-0.2, -0.15) is 0 Å². The fraction of sp³-hybridized carbons (Fsp3) is 0.647. The predicted molar refractivity (Wildman–Crippen MR) is 93.9 cm³/mol. The molecule has 0 saturated carbocycles. The van der Waals surface area contributed by atoms with Gasteiger partial charge in [-0.05, 0) is 20.3 Å². The van der Waals surface area contributed by atoms with E-state index in [0.717, 1.165) is 5.01 Å². The monoisotopic (exact) mass is 381 g/mol. The van der Waals surface area contributed by atoms with Crippen molar-refractivity contribution in [3.8, 4) is 0 Å². The van der Waals surface area contributed by atoms with E-state index in [2.05, 4.69) is 4.98 Å². The Labute approximate surface area is 156 Å². The molecule has 1 aromatic rings. The number of amides is 2. The number of carbonyl (C=O) groups excluding carboxylic acids is 3. The Balaban J connectivity index is 1.65. The first-order chi connectivity index (χ1) is 12.3. The number of aromatic nitrogens is 1. The summed E-state index contributed by atoms with van der Waals surface area (Å²) in [6.45, 7) is 6.62. The number of esters is 1. The van der Waals surface area contributed by atoms with Crippen LogP contribution in [0.2, 0.25) is 0 Å². The van der Waals surface area contributed by atoms with Crippen LogP contribution in [0.3, 0.4) is 0 Å². The lowest BCUT2D eigenvalue weighted by atomic mass is 9.89. The highest BCUT2D eigenvalue weighted by atomic mass is 32.1. The van der Waals surface area contributed by atoms with Crippen LogP contribution < -0.4 is 0 Å². The second-order valence-corrected chi connectivity index (χ2v) is 7.70. The van der Waals surface area contributed by atoms with Gasteiger partial charge in [-0.3, -0.25) is 9.59 Å². The summed E-state index contributed by atoms with van der Waals surface area (Å²) in [5.74, 6) is -0.753. The number of nitrogens with zero attached hydrogens (tertiary/aromatic N) is 3. The topological polar surface area (TPSA) is 89.0 Å². The minimum Gasteiger partial charge on any atom is -0.464 e. The molecule has 0 aromatic carbocycles. The first kappa shape index (κ1) is 18.8. The van der Waals surface area contributed by atoms with Gasteiger partial charge in [0.05, 0.1) is 31.3 Å². The van der Waals surface area contributed by atoms with Gasteiger partial charge in [-0.25, -0.2) is 9.78 Å². The minimum absolute atomic E-state index is 0.0796. The lowest BCUT2D eigenvalue weighted by molar-refractivity contribution is -0.160. The lowest BCUT2D eigenvalue weighted by Crippen LogP contribution is -2.65. The molecule has 0 radical (unpaired) electrons. The second-order valence-electron chi connectivity index (χ2n) is 6.64. The molecule has 26 heavy (non-hydrogen) atoms. The molecule has 0 N–H and O–H groups in total. The maximum Gasteiger partial charge on any atom is 0.331 e. The summed E-state index contributed by atoms with van der Waals surface area (Å²) in [6, 6.07) is -0.738. The van der Waals surface area contributed by atoms with Gasteiger partial charge in [0.2, 0.25) is 5.91 Å². The van der Waals surface area contributed by atoms with E-state index in [4.69, 9.17) is 9.47 Å². The molecule has 9 heteroatoms. The smallest absolute Gasteiger partial charge is 0.331 e. The molecule has 2 amide bonds. The molecule has 0 aliphatic carbocycles. The highest BCUT2D eigenvalue weighted by Gasteiger charge is 2.50. The molecule has 0 bridgehead atoms. The van der Waals surface area contributed by atoms with Gasteiger partial charge < -0.3 is 19.3 Å². The van der Waals surface area contributed by atoms with Crippen molar-refractivity contribution in [3.05, 3.63) is 16.1 Å². The summed E-state index contributed by atoms with van der Waals surface area (Å²) >= 11 is 1.44. The number of hydrogen-bond acceptors (Lipinski definition) is 7. The van der Waals surface area contributed by atoms with Crippen LogP contribution in [0, 0.1) is 6.92 Å². The Morgan fingerprint density at radius 3 is 2.73 bits per heavy atom. The summed E-state index contributed by atoms with van der Waals surface area (Å²) in [4.78, 5) is 44.0. The average molecular weight is 381 g/mol. The van der Waals surface area contributed by atoms with Crippen molar-refractivity contribution in [3.63, 3.8) is 0 Å². The molecule has 2 aliphatic rings. The molecule has 3 rings (SSSR count). The van der Waals surface area contributed by atoms with Gasteiger partial charge in [0, 0.05) is 18.8 Å². The van der Waals surface area contributed by atoms with Crippen LogP contribution in [0.1, 0.15) is 35.8 Å². The molecule has 1 atom stereocenters. The molecule has 1 unspecified atom stereocenters. The third kappa shape index (κ3) is 3.59. The molecule has 8 nitrogen and oxygen atoms in total. The SMILES string of the molecule is CCOC(=O)C1COC2(CCN1C(C)=O)CN(C(=O)c1csc(C)n1)C2. The van der Waals surface area contributed by atoms with E-state index in [1.54, 1.807) is 17.2 Å². The summed E-state index contributed by atoms with van der Waals surface area (Å²) in [5.41, 5.74) is -0.0684. The number of aryl methyl sites for hydroxylation is 1. The Hall–Kier alpha value is -2.00. The van der Waals surface area contributed by atoms with Crippen molar-refractivity contribution in [1.82, 2.24) is 14.8 Å². The molecular weight excluding hydrogens is 358 g/mol. The first-order valence-corrected chi connectivity index (χ1v) is 9.52. The van der Waals surface area contributed by atoms with Crippen molar-refractivity contribution in [2.75, 3.05) is 32.8 Å². The maximum atomic E-state index is 12.5. The number of thiazole rings is 1. The zero-order chi connectivity index (χ0) is 18.9. The van der Waals surface area contributed by atoms with E-state index >= 15 is 0 Å². The molecule has 2 aliphatic heterocycles. The number of carbonyl (C=O) groups is 3. The quantitative estimate of drug-likeness (QED) is 0.721. The Kier molecular flexibility index (Phi) is 5.29. The summed E-state index contributed by atoms with van der Waals surface area (Å²) in [6.07, 6.45) is 0.572. The van der Waals surface area contributed by atoms with Crippen molar-refractivity contribution in [1.29, 1.82) is 0 Å². The van der Waals surface area contributed by atoms with Crippen LogP contribution in [0.15, 0.2) is 5.38 Å². The summed E-state index contributed by atoms with van der Waals surface area (Å²) < 4.78 is 11.1. The number of likely N-dealkylation sites (tertiary alicyclic amines) is 1. The molecule has 142 valence electrons. The fourth-order valence-corrected chi connectivity index (χ4v) is 3.96. The van der Waals surface area contributed by atoms with Crippen LogP contribution in [0.4, 0.5) is 0 Å². The van der Waals surface area contributed by atoms with Gasteiger partial charge in [-0.15, -0.1) is 11.3 Å². The fourth-order valence-electron chi connectivity index (χ4n) is 3.37. The van der Waals surface area contributed by atoms with E-state index in [1.807, 2.05) is 6.92 Å². The third-order valence-corrected chi connectivity index (χ3v) is 5.55. The Morgan fingerprint density at radius 1 is 1.42 bits per heavy atom. The molecule has 1 spiro atoms. The van der Waals surface area contributed by atoms with Crippen molar-refractivity contribution >= 4 is 29.1 Å². The van der Waals surface area contributed by atoms with Gasteiger partial charge in [0.15, 0.2) is 6.04 Å². The molecule has 2 saturated heterocycles. The minimum atomic E-state index is -0.738. The average Bonchev–Trinajstić information content (AvgIpc) is 2.88. The zero-order valence-electron chi connectivity index (χ0n) is 15.2. The van der Waals surface area contributed by atoms with Gasteiger partial charge >= 0.3 is 5.97 Å². The summed E-state index contributed by atoms with van der Waals surface area (Å²) in [7, 11) is 0. The highest BCUT2D eigenvalue weighted by molar-refractivity contribution is 7.09. The predicted octanol–water partition coefficient (Wildman–Crippen LogP) is 0.847. The number of hydrogen-bond donors (Lipinski definition) is 0. The van der Waals surface area contributed by atoms with E-state index < -0.39 is 17.6 Å². The molecular formula is C17H23N3O5S. The Morgan fingerprint density at radius 2 is 2.15 bits per heavy atom. The van der Waals surface area contributed by atoms with Gasteiger partial charge in [0.25, 0.3) is 5.91 Å². The third-order valence-electron chi connectivity index (χ3n) is 4.78. The zero-order valence-corrected chi connectivity index (χ0v) is 16.0. The molecule has 2 fully saturated rings. The van der Waals surface area contributed by atoms with Crippen LogP contribution in [0.25, 0.3) is 0 Å². The van der Waals surface area contributed by atoms with E-state index in [1.165, 1.54) is 23.2 Å². The van der Waals surface area contributed by atoms with Gasteiger partial charge in [-0.1, -0.05) is 0 Å². The first-order valence-electron chi connectivity index (χ1n) is 8.64. The van der Waals surface area contributed by atoms with Crippen LogP contribution in [-0.2, 0) is 19.1 Å². The van der Waals surface area contributed by atoms with E-state index in [-0.39, 0.29) is 25.0 Å². The number of ether oxygens (including phenoxy) is 2. The summed E-state index contributed by atoms with van der Waals surface area (Å²) in [5, 5.41) is 2.61. The second kappa shape index (κ2) is 7.32. The van der Waals surface area contributed by atoms with Crippen LogP contribution in [0.5, 0.6) is 0 Å². The lowest BCUT2D eigenvalue weighted by Gasteiger charge is -2.48. The van der Waals surface area contributed by atoms with E-state index in [9.17, 15) is 14.4 Å². The maximum absolute atomic E-state index is 12.5. The van der Waals surface area contributed by atoms with Crippen LogP contribution in [-0.4, -0.2) is 77.1 Å². The highest BCUT2D eigenvalue weighted by Crippen LogP contribution is 2.33.